The normalized spacial score (nSPS) is 19.0. The van der Waals surface area contributed by atoms with E-state index in [1.807, 2.05) is 4.90 Å². The number of piperazine rings is 1. The summed E-state index contributed by atoms with van der Waals surface area (Å²) in [6.07, 6.45) is 2.39. The number of aryl methyl sites for hydroxylation is 1. The lowest BCUT2D eigenvalue weighted by atomic mass is 10.1. The van der Waals surface area contributed by atoms with Crippen LogP contribution in [0.2, 0.25) is 0 Å². The molecule has 6 heteroatoms. The van der Waals surface area contributed by atoms with E-state index >= 15 is 0 Å². The number of likely N-dealkylation sites (tertiary alicyclic amines) is 1. The molecule has 4 rings (SSSR count). The summed E-state index contributed by atoms with van der Waals surface area (Å²) in [7, 11) is 0. The molecule has 1 aromatic carbocycles. The summed E-state index contributed by atoms with van der Waals surface area (Å²) in [6, 6.07) is 7.22. The van der Waals surface area contributed by atoms with E-state index in [0.717, 1.165) is 80.0 Å². The molecule has 0 saturated carbocycles. The summed E-state index contributed by atoms with van der Waals surface area (Å²) in [5.41, 5.74) is 3.04. The van der Waals surface area contributed by atoms with Gasteiger partial charge in [-0.25, -0.2) is 0 Å². The fraction of sp³-hybridized carbons (Fsp3) is 0.640. The summed E-state index contributed by atoms with van der Waals surface area (Å²) in [5, 5.41) is 4.42. The molecule has 3 heterocycles. The van der Waals surface area contributed by atoms with Gasteiger partial charge in [0.05, 0.1) is 0 Å². The fourth-order valence-corrected chi connectivity index (χ4v) is 4.93. The van der Waals surface area contributed by atoms with Gasteiger partial charge in [-0.15, -0.1) is 0 Å². The topological polar surface area (TPSA) is 49.7 Å². The maximum atomic E-state index is 13.3. The predicted molar refractivity (Wildman–Crippen MR) is 126 cm³/mol. The molecule has 2 fully saturated rings. The molecular weight excluding hydrogens is 388 g/mol. The first-order valence-corrected chi connectivity index (χ1v) is 11.9. The highest BCUT2D eigenvalue weighted by molar-refractivity contribution is 5.99. The number of aromatic nitrogens is 1. The third-order valence-corrected chi connectivity index (χ3v) is 6.78. The number of nitrogens with zero attached hydrogens (tertiary/aromatic N) is 3. The second-order valence-electron chi connectivity index (χ2n) is 9.66. The van der Waals surface area contributed by atoms with Crippen molar-refractivity contribution in [2.75, 3.05) is 39.3 Å². The quantitative estimate of drug-likeness (QED) is 0.790. The molecule has 2 aliphatic heterocycles. The van der Waals surface area contributed by atoms with Crippen LogP contribution in [-0.2, 0) is 0 Å². The summed E-state index contributed by atoms with van der Waals surface area (Å²) < 4.78 is 8.66. The van der Waals surface area contributed by atoms with Crippen molar-refractivity contribution < 1.29 is 9.53 Å². The van der Waals surface area contributed by atoms with Crippen molar-refractivity contribution in [1.29, 1.82) is 0 Å². The van der Waals surface area contributed by atoms with Crippen LogP contribution in [-0.4, -0.2) is 71.7 Å². The van der Waals surface area contributed by atoms with E-state index in [1.165, 1.54) is 0 Å². The number of carbonyl (C=O) groups excluding carboxylic acids is 1. The van der Waals surface area contributed by atoms with E-state index in [9.17, 15) is 4.79 Å². The second-order valence-corrected chi connectivity index (χ2v) is 9.66. The van der Waals surface area contributed by atoms with Gasteiger partial charge >= 0.3 is 0 Å². The van der Waals surface area contributed by atoms with Crippen LogP contribution in [0.4, 0.5) is 0 Å². The molecule has 2 aliphatic rings. The molecule has 2 aromatic rings. The number of hydrogen-bond donors (Lipinski definition) is 1. The summed E-state index contributed by atoms with van der Waals surface area (Å²) >= 11 is 0. The first-order chi connectivity index (χ1) is 14.8. The Morgan fingerprint density at radius 1 is 1.00 bits per heavy atom. The lowest BCUT2D eigenvalue weighted by Crippen LogP contribution is -2.46. The molecule has 31 heavy (non-hydrogen) atoms. The molecule has 0 spiro atoms. The van der Waals surface area contributed by atoms with Gasteiger partial charge in [-0.2, -0.15) is 0 Å². The van der Waals surface area contributed by atoms with Crippen LogP contribution in [0.5, 0.6) is 5.75 Å². The molecular formula is C25H38N4O2. The molecule has 1 aromatic heterocycles. The number of hydrogen-bond acceptors (Lipinski definition) is 4. The van der Waals surface area contributed by atoms with Crippen molar-refractivity contribution >= 4 is 16.8 Å². The Bertz CT molecular complexity index is 919. The first-order valence-electron chi connectivity index (χ1n) is 11.9. The molecule has 6 nitrogen and oxygen atoms in total. The Morgan fingerprint density at radius 3 is 2.29 bits per heavy atom. The van der Waals surface area contributed by atoms with Gasteiger partial charge in [0.25, 0.3) is 5.91 Å². The van der Waals surface area contributed by atoms with Crippen LogP contribution in [0.15, 0.2) is 18.2 Å². The SMILES string of the molecule is Cc1cc2c(cc1OC1CCN(C(C)C)CC1)cc(C(=O)N1CCNCC1)n2C(C)C. The molecule has 0 atom stereocenters. The lowest BCUT2D eigenvalue weighted by molar-refractivity contribution is 0.0724. The van der Waals surface area contributed by atoms with Gasteiger partial charge in [0.1, 0.15) is 17.5 Å². The number of benzene rings is 1. The van der Waals surface area contributed by atoms with Gasteiger partial charge in [-0.3, -0.25) is 4.79 Å². The van der Waals surface area contributed by atoms with Crippen LogP contribution in [0.25, 0.3) is 10.9 Å². The van der Waals surface area contributed by atoms with Gasteiger partial charge in [-0.1, -0.05) is 0 Å². The third-order valence-electron chi connectivity index (χ3n) is 6.78. The second kappa shape index (κ2) is 9.21. The highest BCUT2D eigenvalue weighted by Crippen LogP contribution is 2.32. The summed E-state index contributed by atoms with van der Waals surface area (Å²) in [4.78, 5) is 17.8. The van der Waals surface area contributed by atoms with Crippen molar-refractivity contribution in [3.8, 4) is 5.75 Å². The molecule has 1 amide bonds. The minimum atomic E-state index is 0.132. The number of piperidine rings is 1. The van der Waals surface area contributed by atoms with E-state index in [1.54, 1.807) is 0 Å². The maximum Gasteiger partial charge on any atom is 0.270 e. The smallest absolute Gasteiger partial charge is 0.270 e. The number of carbonyl (C=O) groups is 1. The highest BCUT2D eigenvalue weighted by Gasteiger charge is 2.26. The van der Waals surface area contributed by atoms with Crippen molar-refractivity contribution in [3.63, 3.8) is 0 Å². The molecule has 2 saturated heterocycles. The van der Waals surface area contributed by atoms with Crippen LogP contribution in [0.1, 0.15) is 62.6 Å². The Hall–Kier alpha value is -2.05. The maximum absolute atomic E-state index is 13.3. The minimum Gasteiger partial charge on any atom is -0.490 e. The van der Waals surface area contributed by atoms with Gasteiger partial charge < -0.3 is 24.4 Å². The van der Waals surface area contributed by atoms with Crippen molar-refractivity contribution in [1.82, 2.24) is 19.7 Å². The number of nitrogens with one attached hydrogen (secondary N) is 1. The predicted octanol–water partition coefficient (Wildman–Crippen LogP) is 3.83. The molecule has 170 valence electrons. The molecule has 1 N–H and O–H groups in total. The van der Waals surface area contributed by atoms with E-state index in [4.69, 9.17) is 4.74 Å². The number of ether oxygens (including phenoxy) is 1. The molecule has 0 radical (unpaired) electrons. The van der Waals surface area contributed by atoms with Crippen molar-refractivity contribution in [3.05, 3.63) is 29.5 Å². The van der Waals surface area contributed by atoms with Gasteiger partial charge in [0.2, 0.25) is 0 Å². The van der Waals surface area contributed by atoms with Crippen LogP contribution < -0.4 is 10.1 Å². The van der Waals surface area contributed by atoms with Crippen molar-refractivity contribution in [2.45, 2.75) is 65.6 Å². The molecule has 0 aliphatic carbocycles. The van der Waals surface area contributed by atoms with E-state index in [2.05, 4.69) is 67.6 Å². The average molecular weight is 427 g/mol. The molecule has 0 bridgehead atoms. The van der Waals surface area contributed by atoms with Crippen molar-refractivity contribution in [2.24, 2.45) is 0 Å². The fourth-order valence-electron chi connectivity index (χ4n) is 4.93. The Morgan fingerprint density at radius 2 is 1.68 bits per heavy atom. The number of rotatable bonds is 5. The Labute approximate surface area is 186 Å². The average Bonchev–Trinajstić information content (AvgIpc) is 3.13. The summed E-state index contributed by atoms with van der Waals surface area (Å²) in [5.74, 6) is 1.09. The lowest BCUT2D eigenvalue weighted by Gasteiger charge is -2.34. The zero-order chi connectivity index (χ0) is 22.1. The number of amides is 1. The zero-order valence-corrected chi connectivity index (χ0v) is 19.8. The first kappa shape index (κ1) is 22.2. The van der Waals surface area contributed by atoms with E-state index in [-0.39, 0.29) is 18.1 Å². The van der Waals surface area contributed by atoms with E-state index in [0.29, 0.717) is 6.04 Å². The van der Waals surface area contributed by atoms with Crippen LogP contribution in [0, 0.1) is 6.92 Å². The van der Waals surface area contributed by atoms with Gasteiger partial charge in [0.15, 0.2) is 0 Å². The van der Waals surface area contributed by atoms with Crippen LogP contribution in [0.3, 0.4) is 0 Å². The number of fused-ring (bicyclic) bond motifs is 1. The zero-order valence-electron chi connectivity index (χ0n) is 19.8. The monoisotopic (exact) mass is 426 g/mol. The van der Waals surface area contributed by atoms with E-state index < -0.39 is 0 Å². The standard InChI is InChI=1S/C25H38N4O2/c1-17(2)27-10-6-21(7-11-27)31-24-16-20-15-23(25(30)28-12-8-26-9-13-28)29(18(3)4)22(20)14-19(24)5/h14-18,21,26H,6-13H2,1-5H3. The Kier molecular flexibility index (Phi) is 6.58. The minimum absolute atomic E-state index is 0.132. The van der Waals surface area contributed by atoms with Gasteiger partial charge in [0, 0.05) is 62.3 Å². The van der Waals surface area contributed by atoms with Gasteiger partial charge in [-0.05, 0) is 71.2 Å². The van der Waals surface area contributed by atoms with Crippen LogP contribution >= 0.6 is 0 Å². The largest absolute Gasteiger partial charge is 0.490 e. The Balaban J connectivity index is 1.60. The molecule has 0 unspecified atom stereocenters. The highest BCUT2D eigenvalue weighted by atomic mass is 16.5. The third kappa shape index (κ3) is 4.60. The summed E-state index contributed by atoms with van der Waals surface area (Å²) in [6.45, 7) is 16.4.